The Bertz CT molecular complexity index is 2350. The van der Waals surface area contributed by atoms with Gasteiger partial charge in [-0.15, -0.1) is 0 Å². The van der Waals surface area contributed by atoms with Crippen LogP contribution in [0, 0.1) is 0 Å². The van der Waals surface area contributed by atoms with Gasteiger partial charge in [0.15, 0.2) is 0 Å². The van der Waals surface area contributed by atoms with E-state index in [2.05, 4.69) is 158 Å². The average molecular weight is 597 g/mol. The highest BCUT2D eigenvalue weighted by Crippen LogP contribution is 2.59. The maximum Gasteiger partial charge on any atom is -0.000741 e. The van der Waals surface area contributed by atoms with E-state index in [0.717, 1.165) is 12.8 Å². The Hall–Kier alpha value is -5.72. The highest BCUT2D eigenvalue weighted by Gasteiger charge is 2.32. The summed E-state index contributed by atoms with van der Waals surface area (Å²) >= 11 is 0. The molecular weight excluding hydrogens is 565 g/mol. The van der Waals surface area contributed by atoms with E-state index in [-0.39, 0.29) is 0 Å². The van der Waals surface area contributed by atoms with Gasteiger partial charge in [-0.3, -0.25) is 0 Å². The SMILES string of the molecule is c1ccc(-c2cccc(-c3c4c(c(-c5cccc(-c6ccccc6)c5)c5ccccc35)-c3ccc5c6c(ccc-4c36)CCC5)c2)cc1. The summed E-state index contributed by atoms with van der Waals surface area (Å²) in [6.45, 7) is 0. The molecule has 0 bridgehead atoms. The van der Waals surface area contributed by atoms with E-state index in [1.807, 2.05) is 0 Å². The van der Waals surface area contributed by atoms with Gasteiger partial charge in [-0.2, -0.15) is 0 Å². The summed E-state index contributed by atoms with van der Waals surface area (Å²) in [4.78, 5) is 0. The van der Waals surface area contributed by atoms with Gasteiger partial charge in [0.1, 0.15) is 0 Å². The van der Waals surface area contributed by atoms with Gasteiger partial charge >= 0.3 is 0 Å². The van der Waals surface area contributed by atoms with Gasteiger partial charge in [0, 0.05) is 0 Å². The standard InChI is InChI=1S/C47H32/c1-3-12-30(13-4-1)34-18-10-20-36(28-34)43-38-22-7-8-23-39(38)44(37-21-11-19-35(29-37)31-14-5-2-6-15-31)47-41-27-25-33-17-9-16-32-24-26-40(46(43)47)45(41)42(32)33/h1-8,10-15,18-29H,9,16-17H2. The Labute approximate surface area is 275 Å². The van der Waals surface area contributed by atoms with Crippen LogP contribution in [0.2, 0.25) is 0 Å². The molecule has 0 saturated carbocycles. The molecule has 0 aliphatic heterocycles. The minimum atomic E-state index is 1.16. The van der Waals surface area contributed by atoms with Gasteiger partial charge in [-0.05, 0) is 131 Å². The summed E-state index contributed by atoms with van der Waals surface area (Å²) in [6.07, 6.45) is 3.54. The lowest BCUT2D eigenvalue weighted by molar-refractivity contribution is 0.808. The van der Waals surface area contributed by atoms with Gasteiger partial charge in [-0.25, -0.2) is 0 Å². The third-order valence-electron chi connectivity index (χ3n) is 10.5. The molecule has 0 N–H and O–H groups in total. The van der Waals surface area contributed by atoms with E-state index in [1.165, 1.54) is 106 Å². The number of hydrogen-bond acceptors (Lipinski definition) is 0. The van der Waals surface area contributed by atoms with Crippen LogP contribution in [0.3, 0.4) is 0 Å². The Morgan fingerprint density at radius 2 is 0.723 bits per heavy atom. The van der Waals surface area contributed by atoms with Crippen molar-refractivity contribution in [1.29, 1.82) is 0 Å². The lowest BCUT2D eigenvalue weighted by atomic mass is 9.82. The molecule has 47 heavy (non-hydrogen) atoms. The molecular formula is C47H32. The highest BCUT2D eigenvalue weighted by molar-refractivity contribution is 6.28. The van der Waals surface area contributed by atoms with Crippen molar-refractivity contribution in [2.24, 2.45) is 0 Å². The van der Waals surface area contributed by atoms with Crippen molar-refractivity contribution in [1.82, 2.24) is 0 Å². The minimum Gasteiger partial charge on any atom is -0.0622 e. The Kier molecular flexibility index (Phi) is 5.87. The molecule has 0 heteroatoms. The summed E-state index contributed by atoms with van der Waals surface area (Å²) in [5.41, 5.74) is 18.7. The summed E-state index contributed by atoms with van der Waals surface area (Å²) in [7, 11) is 0. The maximum absolute atomic E-state index is 2.44. The third kappa shape index (κ3) is 4.01. The van der Waals surface area contributed by atoms with E-state index >= 15 is 0 Å². The first-order chi connectivity index (χ1) is 23.3. The molecule has 0 atom stereocenters. The summed E-state index contributed by atoms with van der Waals surface area (Å²) < 4.78 is 0. The fourth-order valence-electron chi connectivity index (χ4n) is 8.49. The topological polar surface area (TPSA) is 0 Å². The second-order valence-corrected chi connectivity index (χ2v) is 13.1. The molecule has 2 aliphatic carbocycles. The van der Waals surface area contributed by atoms with Gasteiger partial charge < -0.3 is 0 Å². The Morgan fingerprint density at radius 3 is 1.21 bits per heavy atom. The molecule has 0 aromatic heterocycles. The number of rotatable bonds is 4. The van der Waals surface area contributed by atoms with Crippen molar-refractivity contribution >= 4 is 21.5 Å². The molecule has 2 aliphatic rings. The largest absolute Gasteiger partial charge is 0.0622 e. The predicted octanol–water partition coefficient (Wildman–Crippen LogP) is 12.8. The molecule has 8 aromatic carbocycles. The monoisotopic (exact) mass is 596 g/mol. The van der Waals surface area contributed by atoms with Crippen molar-refractivity contribution in [2.45, 2.75) is 19.3 Å². The molecule has 8 aromatic rings. The van der Waals surface area contributed by atoms with Crippen molar-refractivity contribution in [3.8, 4) is 66.8 Å². The van der Waals surface area contributed by atoms with E-state index in [4.69, 9.17) is 0 Å². The normalized spacial score (nSPS) is 12.9. The van der Waals surface area contributed by atoms with Crippen molar-refractivity contribution in [2.75, 3.05) is 0 Å². The highest BCUT2D eigenvalue weighted by atomic mass is 14.3. The van der Waals surface area contributed by atoms with Crippen LogP contribution in [-0.4, -0.2) is 0 Å². The van der Waals surface area contributed by atoms with Crippen LogP contribution in [0.25, 0.3) is 88.3 Å². The Morgan fingerprint density at radius 1 is 0.298 bits per heavy atom. The lowest BCUT2D eigenvalue weighted by Crippen LogP contribution is -2.01. The number of aryl methyl sites for hydroxylation is 2. The fourth-order valence-corrected chi connectivity index (χ4v) is 8.49. The van der Waals surface area contributed by atoms with E-state index in [1.54, 1.807) is 0 Å². The van der Waals surface area contributed by atoms with Crippen LogP contribution >= 0.6 is 0 Å². The summed E-state index contributed by atoms with van der Waals surface area (Å²) in [5.74, 6) is 0. The van der Waals surface area contributed by atoms with E-state index in [9.17, 15) is 0 Å². The molecule has 0 nitrogen and oxygen atoms in total. The molecule has 220 valence electrons. The van der Waals surface area contributed by atoms with Crippen LogP contribution in [0.5, 0.6) is 0 Å². The lowest BCUT2D eigenvalue weighted by Gasteiger charge is -2.21. The number of benzene rings is 8. The predicted molar refractivity (Wildman–Crippen MR) is 200 cm³/mol. The van der Waals surface area contributed by atoms with Gasteiger partial charge in [0.05, 0.1) is 0 Å². The fraction of sp³-hybridized carbons (Fsp3) is 0.0638. The zero-order valence-electron chi connectivity index (χ0n) is 26.1. The van der Waals surface area contributed by atoms with Crippen LogP contribution in [0.1, 0.15) is 17.5 Å². The van der Waals surface area contributed by atoms with Crippen molar-refractivity contribution in [3.63, 3.8) is 0 Å². The van der Waals surface area contributed by atoms with Crippen LogP contribution in [0.15, 0.2) is 158 Å². The van der Waals surface area contributed by atoms with Gasteiger partial charge in [0.2, 0.25) is 0 Å². The summed E-state index contributed by atoms with van der Waals surface area (Å²) in [5, 5.41) is 5.55. The second-order valence-electron chi connectivity index (χ2n) is 13.1. The third-order valence-corrected chi connectivity index (χ3v) is 10.5. The molecule has 0 unspecified atom stereocenters. The quantitative estimate of drug-likeness (QED) is 0.190. The molecule has 0 spiro atoms. The zero-order chi connectivity index (χ0) is 30.9. The smallest absolute Gasteiger partial charge is 0.000741 e. The second kappa shape index (κ2) is 10.4. The Balaban J connectivity index is 1.34. The van der Waals surface area contributed by atoms with Crippen LogP contribution < -0.4 is 0 Å². The van der Waals surface area contributed by atoms with Gasteiger partial charge in [-0.1, -0.05) is 146 Å². The molecule has 0 radical (unpaired) electrons. The first-order valence-corrected chi connectivity index (χ1v) is 16.8. The van der Waals surface area contributed by atoms with Crippen molar-refractivity contribution < 1.29 is 0 Å². The minimum absolute atomic E-state index is 1.16. The van der Waals surface area contributed by atoms with Crippen LogP contribution in [-0.2, 0) is 12.8 Å². The zero-order valence-corrected chi connectivity index (χ0v) is 26.1. The van der Waals surface area contributed by atoms with E-state index in [0.29, 0.717) is 0 Å². The van der Waals surface area contributed by atoms with Crippen molar-refractivity contribution in [3.05, 3.63) is 169 Å². The number of fused-ring (bicyclic) bond motifs is 4. The molecule has 0 amide bonds. The van der Waals surface area contributed by atoms with E-state index < -0.39 is 0 Å². The maximum atomic E-state index is 2.44. The molecule has 10 rings (SSSR count). The van der Waals surface area contributed by atoms with Gasteiger partial charge in [0.25, 0.3) is 0 Å². The number of hydrogen-bond donors (Lipinski definition) is 0. The first-order valence-electron chi connectivity index (χ1n) is 16.8. The molecule has 0 fully saturated rings. The molecule has 0 saturated heterocycles. The molecule has 0 heterocycles. The summed E-state index contributed by atoms with van der Waals surface area (Å²) in [6, 6.07) is 58.7. The first kappa shape index (κ1) is 26.5. The van der Waals surface area contributed by atoms with Crippen LogP contribution in [0.4, 0.5) is 0 Å². The average Bonchev–Trinajstić information content (AvgIpc) is 3.48.